The van der Waals surface area contributed by atoms with E-state index in [1.54, 1.807) is 6.92 Å². The molecule has 6 nitrogen and oxygen atoms in total. The molecule has 98 valence electrons. The lowest BCUT2D eigenvalue weighted by molar-refractivity contribution is -0.137. The smallest absolute Gasteiger partial charge is 0.344 e. The zero-order valence-electron chi connectivity index (χ0n) is 9.81. The molecule has 8 heteroatoms. The third kappa shape index (κ3) is 3.85. The molecule has 1 aromatic heterocycles. The van der Waals surface area contributed by atoms with Gasteiger partial charge in [-0.3, -0.25) is 4.79 Å². The van der Waals surface area contributed by atoms with Crippen LogP contribution in [0.4, 0.5) is 0 Å². The van der Waals surface area contributed by atoms with Crippen LogP contribution in [0.1, 0.15) is 17.3 Å². The van der Waals surface area contributed by atoms with E-state index >= 15 is 0 Å². The number of halogens is 1. The molecule has 0 aromatic carbocycles. The quantitative estimate of drug-likeness (QED) is 0.463. The first kappa shape index (κ1) is 14.7. The van der Waals surface area contributed by atoms with Gasteiger partial charge in [0.15, 0.2) is 0 Å². The minimum atomic E-state index is -0.615. The van der Waals surface area contributed by atoms with E-state index in [4.69, 9.17) is 16.3 Å². The maximum absolute atomic E-state index is 11.7. The lowest BCUT2D eigenvalue weighted by atomic mass is 10.3. The van der Waals surface area contributed by atoms with Gasteiger partial charge in [0, 0.05) is 0 Å². The van der Waals surface area contributed by atoms with E-state index in [9.17, 15) is 9.59 Å². The lowest BCUT2D eigenvalue weighted by Crippen LogP contribution is -2.10. The van der Waals surface area contributed by atoms with E-state index < -0.39 is 11.9 Å². The highest BCUT2D eigenvalue weighted by molar-refractivity contribution is 8.00. The lowest BCUT2D eigenvalue weighted by Gasteiger charge is -2.07. The van der Waals surface area contributed by atoms with Crippen molar-refractivity contribution in [2.45, 2.75) is 11.9 Å². The van der Waals surface area contributed by atoms with Crippen molar-refractivity contribution >= 4 is 35.3 Å². The summed E-state index contributed by atoms with van der Waals surface area (Å²) in [5.41, 5.74) is 0.0647. The van der Waals surface area contributed by atoms with Crippen molar-refractivity contribution in [1.82, 2.24) is 9.97 Å². The second kappa shape index (κ2) is 7.17. The minimum Gasteiger partial charge on any atom is -0.468 e. The Bertz CT molecular complexity index is 456. The molecule has 1 rings (SSSR count). The number of methoxy groups -OCH3 is 1. The van der Waals surface area contributed by atoms with Gasteiger partial charge in [-0.2, -0.15) is 0 Å². The van der Waals surface area contributed by atoms with Crippen LogP contribution >= 0.6 is 23.4 Å². The number of esters is 2. The first-order valence-electron chi connectivity index (χ1n) is 4.97. The van der Waals surface area contributed by atoms with Crippen molar-refractivity contribution in [1.29, 1.82) is 0 Å². The number of hydrogen-bond donors (Lipinski definition) is 0. The van der Waals surface area contributed by atoms with E-state index in [0.717, 1.165) is 11.8 Å². The van der Waals surface area contributed by atoms with E-state index in [0.29, 0.717) is 5.03 Å². The Labute approximate surface area is 113 Å². The van der Waals surface area contributed by atoms with Crippen LogP contribution in [0.3, 0.4) is 0 Å². The van der Waals surface area contributed by atoms with Gasteiger partial charge in [-0.25, -0.2) is 14.8 Å². The van der Waals surface area contributed by atoms with Crippen LogP contribution in [-0.2, 0) is 14.3 Å². The second-order valence-electron chi connectivity index (χ2n) is 2.93. The minimum absolute atomic E-state index is 0.00387. The Balaban J connectivity index is 2.93. The highest BCUT2D eigenvalue weighted by atomic mass is 35.5. The highest BCUT2D eigenvalue weighted by Crippen LogP contribution is 2.25. The van der Waals surface area contributed by atoms with Crippen LogP contribution in [0.15, 0.2) is 11.4 Å². The third-order valence-electron chi connectivity index (χ3n) is 1.80. The van der Waals surface area contributed by atoms with Gasteiger partial charge in [-0.1, -0.05) is 23.4 Å². The Morgan fingerprint density at radius 2 is 2.17 bits per heavy atom. The Kier molecular flexibility index (Phi) is 5.87. The van der Waals surface area contributed by atoms with Gasteiger partial charge >= 0.3 is 11.9 Å². The molecule has 18 heavy (non-hydrogen) atoms. The SMILES string of the molecule is CCOC(=O)c1c(Cl)ncnc1SCC(=O)OC. The van der Waals surface area contributed by atoms with Crippen molar-refractivity contribution in [3.05, 3.63) is 17.0 Å². The summed E-state index contributed by atoms with van der Waals surface area (Å²) in [4.78, 5) is 30.3. The first-order valence-corrected chi connectivity index (χ1v) is 6.33. The molecule has 0 amide bonds. The summed E-state index contributed by atoms with van der Waals surface area (Å²) in [5.74, 6) is -1.02. The van der Waals surface area contributed by atoms with Gasteiger partial charge in [0.05, 0.1) is 19.5 Å². The van der Waals surface area contributed by atoms with Gasteiger partial charge in [0.2, 0.25) is 0 Å². The van der Waals surface area contributed by atoms with Gasteiger partial charge < -0.3 is 9.47 Å². The first-order chi connectivity index (χ1) is 8.60. The summed E-state index contributed by atoms with van der Waals surface area (Å²) >= 11 is 6.86. The maximum Gasteiger partial charge on any atom is 0.344 e. The summed E-state index contributed by atoms with van der Waals surface area (Å²) in [6.45, 7) is 1.89. The molecule has 1 aromatic rings. The zero-order chi connectivity index (χ0) is 13.5. The Hall–Kier alpha value is -1.34. The number of hydrogen-bond acceptors (Lipinski definition) is 7. The predicted molar refractivity (Wildman–Crippen MR) is 65.7 cm³/mol. The molecule has 0 aliphatic rings. The van der Waals surface area contributed by atoms with Crippen LogP contribution in [-0.4, -0.2) is 41.4 Å². The Morgan fingerprint density at radius 1 is 1.44 bits per heavy atom. The summed E-state index contributed by atoms with van der Waals surface area (Å²) in [7, 11) is 1.28. The molecule has 0 aliphatic heterocycles. The fourth-order valence-corrected chi connectivity index (χ4v) is 2.10. The van der Waals surface area contributed by atoms with Gasteiger partial charge in [-0.05, 0) is 6.92 Å². The molecule has 0 saturated heterocycles. The van der Waals surface area contributed by atoms with E-state index in [2.05, 4.69) is 14.7 Å². The Morgan fingerprint density at radius 3 is 2.78 bits per heavy atom. The summed E-state index contributed by atoms with van der Waals surface area (Å²) < 4.78 is 9.35. The number of rotatable bonds is 5. The molecule has 0 saturated carbocycles. The molecule has 0 bridgehead atoms. The molecule has 1 heterocycles. The van der Waals surface area contributed by atoms with Crippen molar-refractivity contribution in [3.63, 3.8) is 0 Å². The molecule has 0 fully saturated rings. The number of ether oxygens (including phenoxy) is 2. The van der Waals surface area contributed by atoms with E-state index in [-0.39, 0.29) is 23.1 Å². The molecule has 0 unspecified atom stereocenters. The van der Waals surface area contributed by atoms with Gasteiger partial charge in [0.25, 0.3) is 0 Å². The standard InChI is InChI=1S/C10H11ClN2O4S/c1-3-17-10(15)7-8(11)12-5-13-9(7)18-4-6(14)16-2/h5H,3-4H2,1-2H3. The fraction of sp³-hybridized carbons (Fsp3) is 0.400. The number of nitrogens with zero attached hydrogens (tertiary/aromatic N) is 2. The van der Waals surface area contributed by atoms with Crippen molar-refractivity contribution in [2.24, 2.45) is 0 Å². The summed E-state index contributed by atoms with van der Waals surface area (Å²) in [5, 5.41) is 0.287. The van der Waals surface area contributed by atoms with Crippen LogP contribution in [0.25, 0.3) is 0 Å². The van der Waals surface area contributed by atoms with Gasteiger partial charge in [-0.15, -0.1) is 0 Å². The summed E-state index contributed by atoms with van der Waals surface area (Å²) in [6, 6.07) is 0. The van der Waals surface area contributed by atoms with Crippen molar-refractivity contribution < 1.29 is 19.1 Å². The monoisotopic (exact) mass is 290 g/mol. The molecule has 0 radical (unpaired) electrons. The largest absolute Gasteiger partial charge is 0.468 e. The van der Waals surface area contributed by atoms with Crippen LogP contribution in [0.5, 0.6) is 0 Å². The molecule has 0 spiro atoms. The third-order valence-corrected chi connectivity index (χ3v) is 3.05. The zero-order valence-corrected chi connectivity index (χ0v) is 11.4. The van der Waals surface area contributed by atoms with Crippen molar-refractivity contribution in [2.75, 3.05) is 19.5 Å². The fourth-order valence-electron chi connectivity index (χ4n) is 1.02. The summed E-state index contributed by atoms with van der Waals surface area (Å²) in [6.07, 6.45) is 1.21. The van der Waals surface area contributed by atoms with Crippen molar-refractivity contribution in [3.8, 4) is 0 Å². The maximum atomic E-state index is 11.7. The molecular weight excluding hydrogens is 280 g/mol. The predicted octanol–water partition coefficient (Wildman–Crippen LogP) is 1.57. The number of aromatic nitrogens is 2. The average molecular weight is 291 g/mol. The number of carbonyl (C=O) groups excluding carboxylic acids is 2. The molecule has 0 atom stereocenters. The number of thioether (sulfide) groups is 1. The topological polar surface area (TPSA) is 78.4 Å². The van der Waals surface area contributed by atoms with Gasteiger partial charge in [0.1, 0.15) is 22.1 Å². The van der Waals surface area contributed by atoms with Crippen LogP contribution in [0, 0.1) is 0 Å². The normalized spacial score (nSPS) is 9.94. The molecule has 0 N–H and O–H groups in total. The number of carbonyl (C=O) groups is 2. The van der Waals surface area contributed by atoms with E-state index in [1.165, 1.54) is 13.4 Å². The van der Waals surface area contributed by atoms with Crippen LogP contribution in [0.2, 0.25) is 5.15 Å². The van der Waals surface area contributed by atoms with E-state index in [1.807, 2.05) is 0 Å². The second-order valence-corrected chi connectivity index (χ2v) is 4.25. The highest BCUT2D eigenvalue weighted by Gasteiger charge is 2.20. The molecular formula is C10H11ClN2O4S. The van der Waals surface area contributed by atoms with Crippen LogP contribution < -0.4 is 0 Å². The average Bonchev–Trinajstić information content (AvgIpc) is 2.36. The molecule has 0 aliphatic carbocycles.